The molecule has 3 rings (SSSR count). The Morgan fingerprint density at radius 1 is 1.11 bits per heavy atom. The molecule has 0 unspecified atom stereocenters. The second-order valence-corrected chi connectivity index (χ2v) is 6.94. The molecule has 2 aromatic carbocycles. The quantitative estimate of drug-likeness (QED) is 0.474. The number of Topliss-reactive ketones (excluding diaryl/α,β-unsaturated/α-hetero) is 1. The first-order chi connectivity index (χ1) is 13.4. The van der Waals surface area contributed by atoms with E-state index in [0.717, 1.165) is 5.56 Å². The van der Waals surface area contributed by atoms with E-state index < -0.39 is 17.7 Å². The monoisotopic (exact) mass is 380 g/mol. The normalized spacial score (nSPS) is 18.7. The number of amides is 1. The fourth-order valence-corrected chi connectivity index (χ4v) is 3.33. The molecule has 1 heterocycles. The summed E-state index contributed by atoms with van der Waals surface area (Å²) < 4.78 is 5.21. The van der Waals surface area contributed by atoms with Crippen molar-refractivity contribution in [1.82, 2.24) is 9.80 Å². The number of ether oxygens (including phenoxy) is 1. The zero-order chi connectivity index (χ0) is 20.3. The molecule has 6 nitrogen and oxygen atoms in total. The molecular weight excluding hydrogens is 356 g/mol. The van der Waals surface area contributed by atoms with Crippen LogP contribution in [0.4, 0.5) is 0 Å². The molecule has 1 aliphatic rings. The summed E-state index contributed by atoms with van der Waals surface area (Å²) in [6.45, 7) is 0.988. The number of hydrogen-bond donors (Lipinski definition) is 1. The zero-order valence-corrected chi connectivity index (χ0v) is 16.3. The molecule has 2 aromatic rings. The molecule has 28 heavy (non-hydrogen) atoms. The third kappa shape index (κ3) is 3.77. The molecule has 1 fully saturated rings. The molecule has 0 radical (unpaired) electrons. The maximum Gasteiger partial charge on any atom is 0.295 e. The molecule has 1 amide bonds. The summed E-state index contributed by atoms with van der Waals surface area (Å²) >= 11 is 0. The molecule has 0 aliphatic carbocycles. The van der Waals surface area contributed by atoms with Gasteiger partial charge in [-0.05, 0) is 31.8 Å². The predicted molar refractivity (Wildman–Crippen MR) is 107 cm³/mol. The fourth-order valence-electron chi connectivity index (χ4n) is 3.33. The first-order valence-corrected chi connectivity index (χ1v) is 9.06. The largest absolute Gasteiger partial charge is 0.507 e. The fraction of sp³-hybridized carbons (Fsp3) is 0.273. The second kappa shape index (κ2) is 8.27. The van der Waals surface area contributed by atoms with E-state index in [4.69, 9.17) is 4.74 Å². The number of likely N-dealkylation sites (tertiary alicyclic amines) is 1. The van der Waals surface area contributed by atoms with Gasteiger partial charge in [0.25, 0.3) is 11.7 Å². The average Bonchev–Trinajstić information content (AvgIpc) is 2.97. The highest BCUT2D eigenvalue weighted by atomic mass is 16.5. The summed E-state index contributed by atoms with van der Waals surface area (Å²) in [5.74, 6) is -0.909. The first-order valence-electron chi connectivity index (χ1n) is 9.06. The Kier molecular flexibility index (Phi) is 5.80. The van der Waals surface area contributed by atoms with Crippen LogP contribution in [0, 0.1) is 0 Å². The smallest absolute Gasteiger partial charge is 0.295 e. The number of aliphatic hydroxyl groups excluding tert-OH is 1. The van der Waals surface area contributed by atoms with Crippen LogP contribution < -0.4 is 4.74 Å². The number of carbonyl (C=O) groups is 2. The average molecular weight is 380 g/mol. The molecule has 1 saturated heterocycles. The summed E-state index contributed by atoms with van der Waals surface area (Å²) in [4.78, 5) is 29.1. The summed E-state index contributed by atoms with van der Waals surface area (Å²) in [5, 5.41) is 11.0. The highest BCUT2D eigenvalue weighted by molar-refractivity contribution is 6.46. The van der Waals surface area contributed by atoms with Crippen LogP contribution >= 0.6 is 0 Å². The Balaban J connectivity index is 2.13. The third-order valence-electron chi connectivity index (χ3n) is 4.79. The van der Waals surface area contributed by atoms with Crippen molar-refractivity contribution in [1.29, 1.82) is 0 Å². The molecule has 0 bridgehead atoms. The van der Waals surface area contributed by atoms with Crippen molar-refractivity contribution in [2.75, 3.05) is 34.3 Å². The van der Waals surface area contributed by atoms with E-state index in [2.05, 4.69) is 0 Å². The van der Waals surface area contributed by atoms with E-state index in [-0.39, 0.29) is 11.3 Å². The minimum Gasteiger partial charge on any atom is -0.507 e. The van der Waals surface area contributed by atoms with E-state index in [0.29, 0.717) is 24.4 Å². The van der Waals surface area contributed by atoms with Crippen LogP contribution in [0.2, 0.25) is 0 Å². The number of aliphatic hydroxyl groups is 1. The molecule has 0 aromatic heterocycles. The number of ketones is 1. The van der Waals surface area contributed by atoms with Gasteiger partial charge in [0.15, 0.2) is 0 Å². The van der Waals surface area contributed by atoms with Gasteiger partial charge in [0.1, 0.15) is 11.5 Å². The minimum atomic E-state index is -0.673. The van der Waals surface area contributed by atoms with Crippen LogP contribution in [0.5, 0.6) is 5.75 Å². The zero-order valence-electron chi connectivity index (χ0n) is 16.3. The number of rotatable bonds is 6. The molecule has 0 saturated carbocycles. The van der Waals surface area contributed by atoms with Gasteiger partial charge in [-0.3, -0.25) is 9.59 Å². The number of benzene rings is 2. The molecular formula is C22H24N2O4. The molecule has 1 atom stereocenters. The highest BCUT2D eigenvalue weighted by Crippen LogP contribution is 2.39. The Morgan fingerprint density at radius 2 is 1.82 bits per heavy atom. The first kappa shape index (κ1) is 19.6. The molecule has 1 N–H and O–H groups in total. The lowest BCUT2D eigenvalue weighted by molar-refractivity contribution is -0.140. The lowest BCUT2D eigenvalue weighted by atomic mass is 9.95. The van der Waals surface area contributed by atoms with Crippen LogP contribution in [0.3, 0.4) is 0 Å². The van der Waals surface area contributed by atoms with Crippen molar-refractivity contribution in [3.05, 3.63) is 71.3 Å². The van der Waals surface area contributed by atoms with Gasteiger partial charge < -0.3 is 19.6 Å². The number of carbonyl (C=O) groups excluding carboxylic acids is 2. The highest BCUT2D eigenvalue weighted by Gasteiger charge is 2.45. The van der Waals surface area contributed by atoms with E-state index in [1.165, 1.54) is 12.0 Å². The minimum absolute atomic E-state index is 0.100. The lowest BCUT2D eigenvalue weighted by Crippen LogP contribution is -2.35. The van der Waals surface area contributed by atoms with Crippen LogP contribution in [0.25, 0.3) is 5.76 Å². The van der Waals surface area contributed by atoms with Gasteiger partial charge in [-0.25, -0.2) is 0 Å². The number of nitrogens with zero attached hydrogens (tertiary/aromatic N) is 2. The van der Waals surface area contributed by atoms with Crippen molar-refractivity contribution >= 4 is 17.4 Å². The molecule has 1 aliphatic heterocycles. The van der Waals surface area contributed by atoms with Crippen LogP contribution in [0.1, 0.15) is 17.2 Å². The SMILES string of the molecule is COc1cccc(C(O)=C2C(=O)C(=O)N(CCN(C)C)[C@H]2c2ccccc2)c1. The lowest BCUT2D eigenvalue weighted by Gasteiger charge is -2.26. The van der Waals surface area contributed by atoms with E-state index in [1.54, 1.807) is 24.3 Å². The van der Waals surface area contributed by atoms with Crippen LogP contribution in [-0.2, 0) is 9.59 Å². The van der Waals surface area contributed by atoms with Gasteiger partial charge in [-0.2, -0.15) is 0 Å². The molecule has 6 heteroatoms. The van der Waals surface area contributed by atoms with Crippen molar-refractivity contribution in [2.45, 2.75) is 6.04 Å². The maximum atomic E-state index is 12.9. The Labute approximate surface area is 164 Å². The van der Waals surface area contributed by atoms with E-state index in [1.807, 2.05) is 49.3 Å². The van der Waals surface area contributed by atoms with E-state index >= 15 is 0 Å². The maximum absolute atomic E-state index is 12.9. The number of hydrogen-bond acceptors (Lipinski definition) is 5. The number of likely N-dealkylation sites (N-methyl/N-ethyl adjacent to an activating group) is 1. The van der Waals surface area contributed by atoms with E-state index in [9.17, 15) is 14.7 Å². The van der Waals surface area contributed by atoms with Crippen LogP contribution in [-0.4, -0.2) is 60.9 Å². The van der Waals surface area contributed by atoms with Crippen molar-refractivity contribution in [3.8, 4) is 5.75 Å². The summed E-state index contributed by atoms with van der Waals surface area (Å²) in [6, 6.07) is 15.5. The molecule has 0 spiro atoms. The Morgan fingerprint density at radius 3 is 2.46 bits per heavy atom. The van der Waals surface area contributed by atoms with Gasteiger partial charge >= 0.3 is 0 Å². The van der Waals surface area contributed by atoms with Crippen LogP contribution in [0.15, 0.2) is 60.2 Å². The van der Waals surface area contributed by atoms with Gasteiger partial charge in [-0.1, -0.05) is 42.5 Å². The van der Waals surface area contributed by atoms with Crippen molar-refractivity contribution in [2.24, 2.45) is 0 Å². The topological polar surface area (TPSA) is 70.1 Å². The van der Waals surface area contributed by atoms with Gasteiger partial charge in [0.05, 0.1) is 18.7 Å². The molecule has 146 valence electrons. The number of methoxy groups -OCH3 is 1. The Bertz CT molecular complexity index is 906. The Hall–Kier alpha value is -3.12. The second-order valence-electron chi connectivity index (χ2n) is 6.94. The van der Waals surface area contributed by atoms with Gasteiger partial charge in [0.2, 0.25) is 0 Å². The van der Waals surface area contributed by atoms with Crippen molar-refractivity contribution in [3.63, 3.8) is 0 Å². The standard InChI is InChI=1S/C22H24N2O4/c1-23(2)12-13-24-19(15-8-5-4-6-9-15)18(21(26)22(24)27)20(25)16-10-7-11-17(14-16)28-3/h4-11,14,19,25H,12-13H2,1-3H3/t19-/m0/s1. The summed E-state index contributed by atoms with van der Waals surface area (Å²) in [7, 11) is 5.35. The predicted octanol–water partition coefficient (Wildman–Crippen LogP) is 2.68. The van der Waals surface area contributed by atoms with Gasteiger partial charge in [0, 0.05) is 18.7 Å². The van der Waals surface area contributed by atoms with Gasteiger partial charge in [-0.15, -0.1) is 0 Å². The summed E-state index contributed by atoms with van der Waals surface area (Å²) in [6.07, 6.45) is 0. The van der Waals surface area contributed by atoms with Crippen molar-refractivity contribution < 1.29 is 19.4 Å². The summed E-state index contributed by atoms with van der Waals surface area (Å²) in [5.41, 5.74) is 1.32. The third-order valence-corrected chi connectivity index (χ3v) is 4.79.